The number of hydrogen-bond donors (Lipinski definition) is 1. The fourth-order valence-electron chi connectivity index (χ4n) is 2.92. The molecule has 2 heterocycles. The summed E-state index contributed by atoms with van der Waals surface area (Å²) in [6.45, 7) is 3.54. The Labute approximate surface area is 182 Å². The van der Waals surface area contributed by atoms with Crippen LogP contribution in [0.1, 0.15) is 16.8 Å². The van der Waals surface area contributed by atoms with Crippen molar-refractivity contribution < 1.29 is 18.0 Å². The van der Waals surface area contributed by atoms with Crippen molar-refractivity contribution in [1.29, 1.82) is 0 Å². The smallest absolute Gasteiger partial charge is 0.350 e. The zero-order valence-corrected chi connectivity index (χ0v) is 17.7. The number of carbonyl (C=O) groups is 1. The molecule has 0 fully saturated rings. The summed E-state index contributed by atoms with van der Waals surface area (Å²) in [6.07, 6.45) is -1.34. The van der Waals surface area contributed by atoms with Gasteiger partial charge in [-0.2, -0.15) is 13.2 Å². The van der Waals surface area contributed by atoms with E-state index in [1.165, 1.54) is 6.07 Å². The van der Waals surface area contributed by atoms with Crippen LogP contribution in [0.25, 0.3) is 11.4 Å². The molecule has 0 spiro atoms. The minimum absolute atomic E-state index is 0.00163. The first-order chi connectivity index (χ1) is 14.6. The Hall–Kier alpha value is -3.20. The first kappa shape index (κ1) is 22.5. The van der Waals surface area contributed by atoms with Gasteiger partial charge < -0.3 is 10.2 Å². The van der Waals surface area contributed by atoms with E-state index in [1.54, 1.807) is 30.4 Å². The highest BCUT2D eigenvalue weighted by molar-refractivity contribution is 6.31. The number of pyridine rings is 1. The predicted molar refractivity (Wildman–Crippen MR) is 113 cm³/mol. The maximum absolute atomic E-state index is 13.0. The molecule has 31 heavy (non-hydrogen) atoms. The van der Waals surface area contributed by atoms with Crippen molar-refractivity contribution in [1.82, 2.24) is 15.0 Å². The average molecular weight is 450 g/mol. The van der Waals surface area contributed by atoms with Gasteiger partial charge in [-0.05, 0) is 44.2 Å². The molecule has 162 valence electrons. The predicted octanol–water partition coefficient (Wildman–Crippen LogP) is 4.90. The molecule has 1 N–H and O–H groups in total. The number of nitrogens with one attached hydrogen (secondary N) is 1. The van der Waals surface area contributed by atoms with Crippen molar-refractivity contribution in [3.63, 3.8) is 0 Å². The van der Waals surface area contributed by atoms with Gasteiger partial charge in [-0.1, -0.05) is 11.6 Å². The van der Waals surface area contributed by atoms with Crippen LogP contribution < -0.4 is 10.2 Å². The van der Waals surface area contributed by atoms with Crippen LogP contribution in [-0.2, 0) is 11.0 Å². The highest BCUT2D eigenvalue weighted by Gasteiger charge is 2.33. The molecule has 3 aromatic rings. The number of likely N-dealkylation sites (N-methyl/N-ethyl adjacent to an activating group) is 1. The standard InChI is InChI=1S/C21H19ClF3N5O/c1-12-13(2)27-19(14-5-4-8-26-10-14)29-20(12)30(3)11-18(31)28-15-6-7-17(22)16(9-15)21(23,24)25/h4-10H,11H2,1-3H3,(H,28,31). The van der Waals surface area contributed by atoms with Crippen LogP contribution in [-0.4, -0.2) is 34.5 Å². The number of carbonyl (C=O) groups excluding carboxylic acids is 1. The van der Waals surface area contributed by atoms with E-state index in [-0.39, 0.29) is 12.2 Å². The minimum atomic E-state index is -4.62. The van der Waals surface area contributed by atoms with E-state index in [1.807, 2.05) is 19.9 Å². The first-order valence-electron chi connectivity index (χ1n) is 9.19. The molecule has 0 atom stereocenters. The summed E-state index contributed by atoms with van der Waals surface area (Å²) in [5.41, 5.74) is 1.24. The summed E-state index contributed by atoms with van der Waals surface area (Å²) < 4.78 is 39.1. The van der Waals surface area contributed by atoms with Crippen molar-refractivity contribution in [3.8, 4) is 11.4 Å². The number of rotatable bonds is 5. The van der Waals surface area contributed by atoms with Gasteiger partial charge in [-0.3, -0.25) is 9.78 Å². The van der Waals surface area contributed by atoms with Gasteiger partial charge in [-0.25, -0.2) is 9.97 Å². The van der Waals surface area contributed by atoms with E-state index in [4.69, 9.17) is 11.6 Å². The lowest BCUT2D eigenvalue weighted by Gasteiger charge is -2.21. The Kier molecular flexibility index (Phi) is 6.45. The Bertz CT molecular complexity index is 1110. The molecule has 3 rings (SSSR count). The van der Waals surface area contributed by atoms with Gasteiger partial charge in [0.1, 0.15) is 5.82 Å². The highest BCUT2D eigenvalue weighted by atomic mass is 35.5. The second kappa shape index (κ2) is 8.89. The summed E-state index contributed by atoms with van der Waals surface area (Å²) in [6, 6.07) is 6.82. The van der Waals surface area contributed by atoms with Crippen LogP contribution in [0.15, 0.2) is 42.7 Å². The fraction of sp³-hybridized carbons (Fsp3) is 0.238. The van der Waals surface area contributed by atoms with E-state index < -0.39 is 22.7 Å². The van der Waals surface area contributed by atoms with Gasteiger partial charge in [0.15, 0.2) is 5.82 Å². The van der Waals surface area contributed by atoms with Crippen molar-refractivity contribution >= 4 is 29.0 Å². The van der Waals surface area contributed by atoms with Gasteiger partial charge in [0.25, 0.3) is 0 Å². The monoisotopic (exact) mass is 449 g/mol. The molecule has 1 amide bonds. The van der Waals surface area contributed by atoms with Crippen LogP contribution in [0.5, 0.6) is 0 Å². The molecular weight excluding hydrogens is 431 g/mol. The van der Waals surface area contributed by atoms with Crippen LogP contribution in [0.3, 0.4) is 0 Å². The molecule has 0 saturated heterocycles. The molecule has 10 heteroatoms. The van der Waals surface area contributed by atoms with E-state index in [0.717, 1.165) is 29.0 Å². The molecule has 0 aliphatic heterocycles. The summed E-state index contributed by atoms with van der Waals surface area (Å²) in [4.78, 5) is 27.2. The number of alkyl halides is 3. The lowest BCUT2D eigenvalue weighted by atomic mass is 10.2. The van der Waals surface area contributed by atoms with E-state index in [9.17, 15) is 18.0 Å². The summed E-state index contributed by atoms with van der Waals surface area (Å²) >= 11 is 5.62. The lowest BCUT2D eigenvalue weighted by Crippen LogP contribution is -2.31. The Morgan fingerprint density at radius 1 is 1.19 bits per heavy atom. The third-order valence-corrected chi connectivity index (χ3v) is 4.91. The van der Waals surface area contributed by atoms with Gasteiger partial charge in [0.2, 0.25) is 5.91 Å². The van der Waals surface area contributed by atoms with Crippen LogP contribution in [0.4, 0.5) is 24.7 Å². The van der Waals surface area contributed by atoms with Crippen molar-refractivity contribution in [3.05, 3.63) is 64.6 Å². The molecular formula is C21H19ClF3N5O. The minimum Gasteiger partial charge on any atom is -0.350 e. The Balaban J connectivity index is 1.80. The SMILES string of the molecule is Cc1nc(-c2cccnc2)nc(N(C)CC(=O)Nc2ccc(Cl)c(C(F)(F)F)c2)c1C. The van der Waals surface area contributed by atoms with Gasteiger partial charge in [0.05, 0.1) is 17.1 Å². The molecule has 6 nitrogen and oxygen atoms in total. The molecule has 0 saturated carbocycles. The third-order valence-electron chi connectivity index (χ3n) is 4.58. The fourth-order valence-corrected chi connectivity index (χ4v) is 3.15. The van der Waals surface area contributed by atoms with Crippen LogP contribution in [0, 0.1) is 13.8 Å². The quantitative estimate of drug-likeness (QED) is 0.599. The number of aryl methyl sites for hydroxylation is 1. The van der Waals surface area contributed by atoms with E-state index >= 15 is 0 Å². The molecule has 0 radical (unpaired) electrons. The van der Waals surface area contributed by atoms with E-state index in [0.29, 0.717) is 11.6 Å². The van der Waals surface area contributed by atoms with Gasteiger partial charge in [-0.15, -0.1) is 0 Å². The normalized spacial score (nSPS) is 11.3. The summed E-state index contributed by atoms with van der Waals surface area (Å²) in [7, 11) is 1.67. The van der Waals surface area contributed by atoms with Gasteiger partial charge >= 0.3 is 6.18 Å². The van der Waals surface area contributed by atoms with Crippen molar-refractivity contribution in [2.75, 3.05) is 23.8 Å². The molecule has 1 aromatic carbocycles. The van der Waals surface area contributed by atoms with Crippen molar-refractivity contribution in [2.24, 2.45) is 0 Å². The number of benzene rings is 1. The molecule has 0 bridgehead atoms. The Morgan fingerprint density at radius 2 is 1.94 bits per heavy atom. The van der Waals surface area contributed by atoms with Crippen molar-refractivity contribution in [2.45, 2.75) is 20.0 Å². The summed E-state index contributed by atoms with van der Waals surface area (Å²) in [5.74, 6) is 0.496. The lowest BCUT2D eigenvalue weighted by molar-refractivity contribution is -0.137. The number of hydrogen-bond acceptors (Lipinski definition) is 5. The number of anilines is 2. The molecule has 2 aromatic heterocycles. The number of nitrogens with zero attached hydrogens (tertiary/aromatic N) is 4. The molecule has 0 unspecified atom stereocenters. The van der Waals surface area contributed by atoms with E-state index in [2.05, 4.69) is 20.3 Å². The topological polar surface area (TPSA) is 71.0 Å². The second-order valence-electron chi connectivity index (χ2n) is 6.92. The van der Waals surface area contributed by atoms with Crippen LogP contribution in [0.2, 0.25) is 5.02 Å². The number of halogens is 4. The molecule has 0 aliphatic rings. The highest BCUT2D eigenvalue weighted by Crippen LogP contribution is 2.36. The first-order valence-corrected chi connectivity index (χ1v) is 9.57. The third kappa shape index (κ3) is 5.29. The Morgan fingerprint density at radius 3 is 2.58 bits per heavy atom. The largest absolute Gasteiger partial charge is 0.417 e. The zero-order valence-electron chi connectivity index (χ0n) is 17.0. The zero-order chi connectivity index (χ0) is 22.8. The molecule has 0 aliphatic carbocycles. The van der Waals surface area contributed by atoms with Gasteiger partial charge in [0, 0.05) is 41.9 Å². The maximum Gasteiger partial charge on any atom is 0.417 e. The number of amides is 1. The van der Waals surface area contributed by atoms with Crippen LogP contribution >= 0.6 is 11.6 Å². The second-order valence-corrected chi connectivity index (χ2v) is 7.33. The maximum atomic E-state index is 13.0. The number of aromatic nitrogens is 3. The summed E-state index contributed by atoms with van der Waals surface area (Å²) in [5, 5.41) is 2.04. The average Bonchev–Trinajstić information content (AvgIpc) is 2.71.